The summed E-state index contributed by atoms with van der Waals surface area (Å²) in [6.07, 6.45) is -1.66. The lowest BCUT2D eigenvalue weighted by Crippen LogP contribution is -2.51. The summed E-state index contributed by atoms with van der Waals surface area (Å²) in [6.45, 7) is 6.82. The number of nitrogens with zero attached hydrogens (tertiary/aromatic N) is 1. The second kappa shape index (κ2) is 6.50. The number of likely N-dealkylation sites (tertiary alicyclic amines) is 1. The standard InChI is InChI=1S/C11H21F2NO.CH4/c1-4-14-6-5-9(10(12)13)11(2,7-14)8-15-3;/h9-10H,4-8H2,1-3H3;1H4/t9-,11+;/m1./s1. The van der Waals surface area contributed by atoms with Crippen LogP contribution in [0.5, 0.6) is 0 Å². The molecule has 1 saturated heterocycles. The van der Waals surface area contributed by atoms with Gasteiger partial charge in [-0.1, -0.05) is 21.3 Å². The first kappa shape index (κ1) is 15.8. The summed E-state index contributed by atoms with van der Waals surface area (Å²) in [5.41, 5.74) is -0.406. The van der Waals surface area contributed by atoms with E-state index in [4.69, 9.17) is 4.74 Å². The van der Waals surface area contributed by atoms with E-state index in [1.165, 1.54) is 0 Å². The molecule has 1 aliphatic heterocycles. The molecular formula is C12H25F2NO. The third-order valence-corrected chi connectivity index (χ3v) is 3.46. The van der Waals surface area contributed by atoms with E-state index in [-0.39, 0.29) is 7.43 Å². The van der Waals surface area contributed by atoms with Gasteiger partial charge in [-0.05, 0) is 19.5 Å². The highest BCUT2D eigenvalue weighted by atomic mass is 19.3. The van der Waals surface area contributed by atoms with Crippen molar-refractivity contribution in [3.05, 3.63) is 0 Å². The van der Waals surface area contributed by atoms with Gasteiger partial charge in [0, 0.05) is 25.0 Å². The van der Waals surface area contributed by atoms with Gasteiger partial charge in [0.15, 0.2) is 0 Å². The fourth-order valence-corrected chi connectivity index (χ4v) is 2.56. The van der Waals surface area contributed by atoms with Crippen LogP contribution in [-0.2, 0) is 4.74 Å². The zero-order valence-corrected chi connectivity index (χ0v) is 9.80. The van der Waals surface area contributed by atoms with Crippen LogP contribution in [-0.4, -0.2) is 44.7 Å². The van der Waals surface area contributed by atoms with Gasteiger partial charge in [0.05, 0.1) is 6.61 Å². The van der Waals surface area contributed by atoms with Gasteiger partial charge in [-0.2, -0.15) is 0 Å². The van der Waals surface area contributed by atoms with E-state index in [9.17, 15) is 8.78 Å². The minimum absolute atomic E-state index is 0. The molecular weight excluding hydrogens is 212 g/mol. The van der Waals surface area contributed by atoms with Crippen molar-refractivity contribution in [3.63, 3.8) is 0 Å². The molecule has 0 aromatic rings. The SMILES string of the molecule is C.CCN1CC[C@H](C(F)F)[C@](C)(COC)C1. The van der Waals surface area contributed by atoms with Gasteiger partial charge in [0.1, 0.15) is 0 Å². The van der Waals surface area contributed by atoms with Crippen LogP contribution in [0.3, 0.4) is 0 Å². The summed E-state index contributed by atoms with van der Waals surface area (Å²) in [5.74, 6) is -0.528. The molecule has 16 heavy (non-hydrogen) atoms. The molecule has 4 heteroatoms. The molecule has 0 aromatic carbocycles. The Morgan fingerprint density at radius 3 is 2.56 bits per heavy atom. The number of alkyl halides is 2. The molecule has 1 fully saturated rings. The van der Waals surface area contributed by atoms with Crippen LogP contribution in [0, 0.1) is 11.3 Å². The zero-order valence-electron chi connectivity index (χ0n) is 9.80. The molecule has 0 spiro atoms. The van der Waals surface area contributed by atoms with Crippen LogP contribution in [0.1, 0.15) is 27.7 Å². The Morgan fingerprint density at radius 2 is 2.12 bits per heavy atom. The Labute approximate surface area is 98.0 Å². The summed E-state index contributed by atoms with van der Waals surface area (Å²) < 4.78 is 30.9. The Balaban J connectivity index is 0.00000225. The van der Waals surface area contributed by atoms with Crippen molar-refractivity contribution in [3.8, 4) is 0 Å². The first-order chi connectivity index (χ1) is 7.03. The maximum absolute atomic E-state index is 12.9. The third kappa shape index (κ3) is 3.39. The van der Waals surface area contributed by atoms with Crippen LogP contribution in [0.25, 0.3) is 0 Å². The minimum Gasteiger partial charge on any atom is -0.384 e. The quantitative estimate of drug-likeness (QED) is 0.745. The van der Waals surface area contributed by atoms with Gasteiger partial charge < -0.3 is 9.64 Å². The molecule has 98 valence electrons. The van der Waals surface area contributed by atoms with Crippen LogP contribution in [0.4, 0.5) is 8.78 Å². The highest BCUT2D eigenvalue weighted by Gasteiger charge is 2.43. The molecule has 0 amide bonds. The zero-order chi connectivity index (χ0) is 11.5. The van der Waals surface area contributed by atoms with Crippen LogP contribution < -0.4 is 0 Å². The van der Waals surface area contributed by atoms with Crippen LogP contribution in [0.15, 0.2) is 0 Å². The number of rotatable bonds is 4. The van der Waals surface area contributed by atoms with E-state index in [0.717, 1.165) is 13.1 Å². The fourth-order valence-electron chi connectivity index (χ4n) is 2.56. The lowest BCUT2D eigenvalue weighted by atomic mass is 9.73. The normalized spacial score (nSPS) is 31.5. The first-order valence-corrected chi connectivity index (χ1v) is 5.53. The largest absolute Gasteiger partial charge is 0.384 e. The molecule has 2 atom stereocenters. The van der Waals surface area contributed by atoms with Crippen LogP contribution in [0.2, 0.25) is 0 Å². The molecule has 0 saturated carbocycles. The summed E-state index contributed by atoms with van der Waals surface area (Å²) in [4.78, 5) is 2.22. The predicted octanol–water partition coefficient (Wildman–Crippen LogP) is 2.88. The van der Waals surface area contributed by atoms with Crippen molar-refractivity contribution in [2.75, 3.05) is 33.4 Å². The van der Waals surface area contributed by atoms with Crippen molar-refractivity contribution in [2.45, 2.75) is 34.1 Å². The number of hydrogen-bond donors (Lipinski definition) is 0. The molecule has 1 rings (SSSR count). The first-order valence-electron chi connectivity index (χ1n) is 5.53. The Hall–Kier alpha value is -0.220. The number of hydrogen-bond acceptors (Lipinski definition) is 2. The van der Waals surface area contributed by atoms with E-state index in [0.29, 0.717) is 19.6 Å². The lowest BCUT2D eigenvalue weighted by molar-refractivity contribution is -0.0832. The fraction of sp³-hybridized carbons (Fsp3) is 1.00. The topological polar surface area (TPSA) is 12.5 Å². The number of methoxy groups -OCH3 is 1. The third-order valence-electron chi connectivity index (χ3n) is 3.46. The minimum atomic E-state index is -2.23. The molecule has 0 unspecified atom stereocenters. The monoisotopic (exact) mass is 237 g/mol. The Bertz CT molecular complexity index is 201. The van der Waals surface area contributed by atoms with Crippen molar-refractivity contribution in [1.29, 1.82) is 0 Å². The molecule has 1 aliphatic rings. The summed E-state index contributed by atoms with van der Waals surface area (Å²) in [7, 11) is 1.58. The van der Waals surface area contributed by atoms with Crippen molar-refractivity contribution in [1.82, 2.24) is 4.90 Å². The second-order valence-corrected chi connectivity index (χ2v) is 4.69. The summed E-state index contributed by atoms with van der Waals surface area (Å²) in [6, 6.07) is 0. The molecule has 0 aromatic heterocycles. The van der Waals surface area contributed by atoms with E-state index in [1.54, 1.807) is 7.11 Å². The molecule has 1 heterocycles. The van der Waals surface area contributed by atoms with Crippen molar-refractivity contribution >= 4 is 0 Å². The van der Waals surface area contributed by atoms with Crippen molar-refractivity contribution in [2.24, 2.45) is 11.3 Å². The maximum atomic E-state index is 12.9. The smallest absolute Gasteiger partial charge is 0.242 e. The average molecular weight is 237 g/mol. The van der Waals surface area contributed by atoms with Crippen LogP contribution >= 0.6 is 0 Å². The molecule has 2 nitrogen and oxygen atoms in total. The van der Waals surface area contributed by atoms with Gasteiger partial charge in [0.25, 0.3) is 0 Å². The summed E-state index contributed by atoms with van der Waals surface area (Å²) in [5, 5.41) is 0. The summed E-state index contributed by atoms with van der Waals surface area (Å²) >= 11 is 0. The van der Waals surface area contributed by atoms with E-state index >= 15 is 0 Å². The molecule has 0 bridgehead atoms. The highest BCUT2D eigenvalue weighted by molar-refractivity contribution is 4.91. The number of ether oxygens (including phenoxy) is 1. The molecule has 0 N–H and O–H groups in total. The number of piperidine rings is 1. The second-order valence-electron chi connectivity index (χ2n) is 4.69. The predicted molar refractivity (Wildman–Crippen MR) is 62.9 cm³/mol. The van der Waals surface area contributed by atoms with Gasteiger partial charge >= 0.3 is 0 Å². The maximum Gasteiger partial charge on any atom is 0.242 e. The van der Waals surface area contributed by atoms with Gasteiger partial charge in [-0.3, -0.25) is 0 Å². The lowest BCUT2D eigenvalue weighted by Gasteiger charge is -2.45. The molecule has 0 radical (unpaired) electrons. The van der Waals surface area contributed by atoms with E-state index in [1.807, 2.05) is 6.92 Å². The van der Waals surface area contributed by atoms with Gasteiger partial charge in [-0.15, -0.1) is 0 Å². The van der Waals surface area contributed by atoms with Gasteiger partial charge in [-0.25, -0.2) is 8.78 Å². The average Bonchev–Trinajstić information content (AvgIpc) is 2.16. The van der Waals surface area contributed by atoms with Gasteiger partial charge in [0.2, 0.25) is 6.43 Å². The van der Waals surface area contributed by atoms with E-state index in [2.05, 4.69) is 11.8 Å². The Morgan fingerprint density at radius 1 is 1.50 bits per heavy atom. The Kier molecular flexibility index (Phi) is 6.41. The molecule has 0 aliphatic carbocycles. The van der Waals surface area contributed by atoms with E-state index < -0.39 is 17.8 Å². The van der Waals surface area contributed by atoms with Crippen molar-refractivity contribution < 1.29 is 13.5 Å². The number of halogens is 2. The highest BCUT2D eigenvalue weighted by Crippen LogP contribution is 2.39.